The number of rotatable bonds is 2. The number of aromatic nitrogens is 2. The minimum absolute atomic E-state index is 0.0444. The quantitative estimate of drug-likeness (QED) is 0.797. The van der Waals surface area contributed by atoms with Crippen LogP contribution in [0.5, 0.6) is 0 Å². The highest BCUT2D eigenvalue weighted by Crippen LogP contribution is 2.61. The van der Waals surface area contributed by atoms with Crippen molar-refractivity contribution in [2.75, 3.05) is 0 Å². The standard InChI is InChI=1S/C17H16N2O3/c1-8-2-4-9(5-3-8)15-18-16(22-19-15)13-10-6-11-12(7-10)21-17(20)14(11)13/h2-5,10-14H,6-7H2,1H3/t10-,11+,12+,13-,14-/m1/s1. The van der Waals surface area contributed by atoms with Gasteiger partial charge in [0.1, 0.15) is 6.10 Å². The van der Waals surface area contributed by atoms with E-state index >= 15 is 0 Å². The maximum Gasteiger partial charge on any atom is 0.310 e. The molecular formula is C17H16N2O3. The molecule has 2 saturated carbocycles. The number of carbonyl (C=O) groups is 1. The third-order valence-corrected chi connectivity index (χ3v) is 5.52. The number of aryl methyl sites for hydroxylation is 1. The van der Waals surface area contributed by atoms with Gasteiger partial charge < -0.3 is 9.26 Å². The van der Waals surface area contributed by atoms with Crippen molar-refractivity contribution in [1.29, 1.82) is 0 Å². The fraction of sp³-hybridized carbons (Fsp3) is 0.471. The van der Waals surface area contributed by atoms with E-state index in [1.54, 1.807) is 0 Å². The van der Waals surface area contributed by atoms with E-state index in [1.165, 1.54) is 5.56 Å². The molecule has 1 saturated heterocycles. The molecule has 0 unspecified atom stereocenters. The molecule has 0 N–H and O–H groups in total. The van der Waals surface area contributed by atoms with Gasteiger partial charge in [0.05, 0.1) is 11.8 Å². The molecule has 22 heavy (non-hydrogen) atoms. The molecule has 0 amide bonds. The number of carbonyl (C=O) groups excluding carboxylic acids is 1. The minimum atomic E-state index is -0.0740. The van der Waals surface area contributed by atoms with Crippen LogP contribution in [0.25, 0.3) is 11.4 Å². The molecule has 5 nitrogen and oxygen atoms in total. The number of hydrogen-bond donors (Lipinski definition) is 0. The molecule has 5 atom stereocenters. The Kier molecular flexibility index (Phi) is 2.35. The number of esters is 1. The van der Waals surface area contributed by atoms with Gasteiger partial charge >= 0.3 is 5.97 Å². The summed E-state index contributed by atoms with van der Waals surface area (Å²) in [6.45, 7) is 2.04. The van der Waals surface area contributed by atoms with Gasteiger partial charge in [0.25, 0.3) is 0 Å². The summed E-state index contributed by atoms with van der Waals surface area (Å²) >= 11 is 0. The average Bonchev–Trinajstić information content (AvgIpc) is 3.22. The minimum Gasteiger partial charge on any atom is -0.462 e. The lowest BCUT2D eigenvalue weighted by molar-refractivity contribution is -0.143. The van der Waals surface area contributed by atoms with Gasteiger partial charge in [0.15, 0.2) is 0 Å². The maximum absolute atomic E-state index is 12.1. The van der Waals surface area contributed by atoms with E-state index in [1.807, 2.05) is 31.2 Å². The predicted molar refractivity (Wildman–Crippen MR) is 76.8 cm³/mol. The zero-order valence-electron chi connectivity index (χ0n) is 12.2. The molecule has 3 fully saturated rings. The van der Waals surface area contributed by atoms with Gasteiger partial charge in [0.2, 0.25) is 11.7 Å². The van der Waals surface area contributed by atoms with E-state index in [-0.39, 0.29) is 23.9 Å². The molecule has 1 aromatic heterocycles. The summed E-state index contributed by atoms with van der Waals surface area (Å²) in [4.78, 5) is 16.7. The van der Waals surface area contributed by atoms with Crippen molar-refractivity contribution in [1.82, 2.24) is 10.1 Å². The van der Waals surface area contributed by atoms with Gasteiger partial charge in [-0.3, -0.25) is 4.79 Å². The summed E-state index contributed by atoms with van der Waals surface area (Å²) in [5, 5.41) is 4.11. The van der Waals surface area contributed by atoms with Crippen LogP contribution in [0, 0.1) is 24.7 Å². The van der Waals surface area contributed by atoms with E-state index in [0.717, 1.165) is 18.4 Å². The van der Waals surface area contributed by atoms with Crippen molar-refractivity contribution in [3.05, 3.63) is 35.7 Å². The Balaban J connectivity index is 1.50. The van der Waals surface area contributed by atoms with E-state index in [2.05, 4.69) is 10.1 Å². The van der Waals surface area contributed by atoms with Crippen molar-refractivity contribution in [3.63, 3.8) is 0 Å². The third kappa shape index (κ3) is 1.56. The van der Waals surface area contributed by atoms with Gasteiger partial charge in [-0.05, 0) is 25.7 Å². The zero-order chi connectivity index (χ0) is 14.8. The molecule has 0 radical (unpaired) electrons. The van der Waals surface area contributed by atoms with E-state index < -0.39 is 0 Å². The van der Waals surface area contributed by atoms with Crippen molar-refractivity contribution >= 4 is 5.97 Å². The van der Waals surface area contributed by atoms with E-state index in [9.17, 15) is 4.79 Å². The van der Waals surface area contributed by atoms with Crippen LogP contribution in [0.4, 0.5) is 0 Å². The monoisotopic (exact) mass is 296 g/mol. The Morgan fingerprint density at radius 3 is 2.77 bits per heavy atom. The average molecular weight is 296 g/mol. The topological polar surface area (TPSA) is 65.2 Å². The van der Waals surface area contributed by atoms with Crippen molar-refractivity contribution in [2.24, 2.45) is 17.8 Å². The molecule has 112 valence electrons. The molecule has 2 heterocycles. The van der Waals surface area contributed by atoms with Crippen LogP contribution in [0.2, 0.25) is 0 Å². The predicted octanol–water partition coefficient (Wildman–Crippen LogP) is 2.71. The van der Waals surface area contributed by atoms with Gasteiger partial charge in [-0.25, -0.2) is 0 Å². The molecule has 0 spiro atoms. The molecule has 5 heteroatoms. The third-order valence-electron chi connectivity index (χ3n) is 5.52. The molecule has 3 aliphatic rings. The van der Waals surface area contributed by atoms with Crippen LogP contribution in [0.3, 0.4) is 0 Å². The Hall–Kier alpha value is -2.17. The fourth-order valence-corrected chi connectivity index (χ4v) is 4.53. The van der Waals surface area contributed by atoms with Gasteiger partial charge in [0, 0.05) is 11.5 Å². The number of ether oxygens (including phenoxy) is 1. The maximum atomic E-state index is 12.1. The molecule has 2 aromatic rings. The molecule has 1 aliphatic heterocycles. The van der Waals surface area contributed by atoms with Gasteiger partial charge in [-0.15, -0.1) is 0 Å². The van der Waals surface area contributed by atoms with Crippen molar-refractivity contribution in [2.45, 2.75) is 31.8 Å². The molecule has 5 rings (SSSR count). The molecule has 2 bridgehead atoms. The van der Waals surface area contributed by atoms with Crippen LogP contribution < -0.4 is 0 Å². The van der Waals surface area contributed by atoms with Crippen LogP contribution in [-0.2, 0) is 9.53 Å². The number of hydrogen-bond acceptors (Lipinski definition) is 5. The Labute approximate surface area is 127 Å². The Bertz CT molecular complexity index is 750. The molecule has 2 aliphatic carbocycles. The number of fused-ring (bicyclic) bond motifs is 1. The Morgan fingerprint density at radius 1 is 1.14 bits per heavy atom. The lowest BCUT2D eigenvalue weighted by Crippen LogP contribution is -2.24. The summed E-state index contributed by atoms with van der Waals surface area (Å²) < 4.78 is 11.0. The van der Waals surface area contributed by atoms with Gasteiger partial charge in [-0.2, -0.15) is 4.98 Å². The largest absolute Gasteiger partial charge is 0.462 e. The summed E-state index contributed by atoms with van der Waals surface area (Å²) in [6.07, 6.45) is 2.13. The second-order valence-corrected chi connectivity index (χ2v) is 6.74. The summed E-state index contributed by atoms with van der Waals surface area (Å²) in [5.41, 5.74) is 2.14. The SMILES string of the molecule is Cc1ccc(-c2noc([C@@H]3[C@@H]4C[C@@H]5[C@H]3C(=O)O[C@H]5C4)n2)cc1. The lowest BCUT2D eigenvalue weighted by Gasteiger charge is -2.20. The highest BCUT2D eigenvalue weighted by atomic mass is 16.6. The van der Waals surface area contributed by atoms with E-state index in [4.69, 9.17) is 9.26 Å². The first-order chi connectivity index (χ1) is 10.7. The number of nitrogens with zero attached hydrogens (tertiary/aromatic N) is 2. The first kappa shape index (κ1) is 12.4. The van der Waals surface area contributed by atoms with Crippen LogP contribution in [-0.4, -0.2) is 22.2 Å². The van der Waals surface area contributed by atoms with Crippen LogP contribution in [0.15, 0.2) is 28.8 Å². The fourth-order valence-electron chi connectivity index (χ4n) is 4.53. The van der Waals surface area contributed by atoms with Crippen LogP contribution in [0.1, 0.15) is 30.2 Å². The molecular weight excluding hydrogens is 280 g/mol. The highest BCUT2D eigenvalue weighted by molar-refractivity contribution is 5.78. The van der Waals surface area contributed by atoms with E-state index in [0.29, 0.717) is 23.6 Å². The van der Waals surface area contributed by atoms with Crippen LogP contribution >= 0.6 is 0 Å². The van der Waals surface area contributed by atoms with Crippen molar-refractivity contribution < 1.29 is 14.1 Å². The summed E-state index contributed by atoms with van der Waals surface area (Å²) in [7, 11) is 0. The lowest BCUT2D eigenvalue weighted by atomic mass is 9.80. The highest BCUT2D eigenvalue weighted by Gasteiger charge is 2.63. The normalized spacial score (nSPS) is 35.1. The van der Waals surface area contributed by atoms with Gasteiger partial charge in [-0.1, -0.05) is 35.0 Å². The Morgan fingerprint density at radius 2 is 1.95 bits per heavy atom. The second kappa shape index (κ2) is 4.18. The first-order valence-corrected chi connectivity index (χ1v) is 7.82. The summed E-state index contributed by atoms with van der Waals surface area (Å²) in [5.74, 6) is 1.90. The number of benzene rings is 1. The molecule has 1 aromatic carbocycles. The second-order valence-electron chi connectivity index (χ2n) is 6.74. The first-order valence-electron chi connectivity index (χ1n) is 7.82. The zero-order valence-corrected chi connectivity index (χ0v) is 12.2. The smallest absolute Gasteiger partial charge is 0.310 e. The van der Waals surface area contributed by atoms with Crippen molar-refractivity contribution in [3.8, 4) is 11.4 Å². The summed E-state index contributed by atoms with van der Waals surface area (Å²) in [6, 6.07) is 8.04.